The molecule has 114 valence electrons. The summed E-state index contributed by atoms with van der Waals surface area (Å²) in [4.78, 5) is 12.3. The smallest absolute Gasteiger partial charge is 0.247 e. The number of halogens is 1. The van der Waals surface area contributed by atoms with Crippen LogP contribution in [0.25, 0.3) is 0 Å². The molecule has 0 aliphatic rings. The van der Waals surface area contributed by atoms with E-state index in [1.54, 1.807) is 17.1 Å². The summed E-state index contributed by atoms with van der Waals surface area (Å²) in [6.45, 7) is 7.01. The molecule has 0 aromatic carbocycles. The predicted molar refractivity (Wildman–Crippen MR) is 81.1 cm³/mol. The molecule has 0 saturated heterocycles. The second-order valence-corrected chi connectivity index (χ2v) is 5.90. The van der Waals surface area contributed by atoms with Crippen LogP contribution in [0, 0.1) is 6.92 Å². The molecule has 0 bridgehead atoms. The molecule has 0 radical (unpaired) electrons. The molecule has 6 nitrogen and oxygen atoms in total. The Labute approximate surface area is 129 Å². The van der Waals surface area contributed by atoms with E-state index in [2.05, 4.69) is 15.5 Å². The van der Waals surface area contributed by atoms with E-state index >= 15 is 0 Å². The van der Waals surface area contributed by atoms with Crippen molar-refractivity contribution in [2.24, 2.45) is 0 Å². The molecule has 0 fully saturated rings. The topological polar surface area (TPSA) is 64.7 Å². The van der Waals surface area contributed by atoms with Crippen LogP contribution >= 0.6 is 11.6 Å². The standard InChI is InChI=1S/C14H20ClN5O/c1-11-5-7-17-19(11)8-4-6-16-13(21)14(2,3)20-10-12(15)9-18-20/h5,7,9-10H,4,6,8H2,1-3H3,(H,16,21). The van der Waals surface area contributed by atoms with Crippen LogP contribution in [0.4, 0.5) is 0 Å². The fourth-order valence-electron chi connectivity index (χ4n) is 1.99. The van der Waals surface area contributed by atoms with Crippen molar-refractivity contribution in [1.29, 1.82) is 0 Å². The minimum absolute atomic E-state index is 0.0838. The van der Waals surface area contributed by atoms with Crippen molar-refractivity contribution in [3.63, 3.8) is 0 Å². The third-order valence-electron chi connectivity index (χ3n) is 3.44. The lowest BCUT2D eigenvalue weighted by Gasteiger charge is -2.24. The first-order valence-corrected chi connectivity index (χ1v) is 7.26. The molecule has 0 unspecified atom stereocenters. The number of amides is 1. The Morgan fingerprint density at radius 2 is 2.19 bits per heavy atom. The maximum Gasteiger partial charge on any atom is 0.247 e. The van der Waals surface area contributed by atoms with Gasteiger partial charge in [0.25, 0.3) is 0 Å². The Morgan fingerprint density at radius 1 is 1.43 bits per heavy atom. The molecule has 0 saturated carbocycles. The first-order valence-electron chi connectivity index (χ1n) is 6.88. The van der Waals surface area contributed by atoms with Gasteiger partial charge in [0.15, 0.2) is 0 Å². The maximum absolute atomic E-state index is 12.3. The number of carbonyl (C=O) groups is 1. The van der Waals surface area contributed by atoms with E-state index in [0.29, 0.717) is 11.6 Å². The highest BCUT2D eigenvalue weighted by Crippen LogP contribution is 2.17. The van der Waals surface area contributed by atoms with Gasteiger partial charge < -0.3 is 5.32 Å². The zero-order chi connectivity index (χ0) is 15.5. The number of rotatable bonds is 6. The third kappa shape index (κ3) is 3.64. The van der Waals surface area contributed by atoms with Crippen LogP contribution in [0.15, 0.2) is 24.7 Å². The number of hydrogen-bond donors (Lipinski definition) is 1. The van der Waals surface area contributed by atoms with E-state index in [4.69, 9.17) is 11.6 Å². The molecule has 2 aromatic rings. The van der Waals surface area contributed by atoms with Crippen molar-refractivity contribution >= 4 is 17.5 Å². The van der Waals surface area contributed by atoms with Crippen LogP contribution in [0.5, 0.6) is 0 Å². The van der Waals surface area contributed by atoms with Crippen LogP contribution in [0.1, 0.15) is 26.0 Å². The number of aromatic nitrogens is 4. The van der Waals surface area contributed by atoms with Crippen molar-refractivity contribution < 1.29 is 4.79 Å². The molecule has 1 amide bonds. The van der Waals surface area contributed by atoms with Crippen LogP contribution in [0.3, 0.4) is 0 Å². The van der Waals surface area contributed by atoms with E-state index in [-0.39, 0.29) is 5.91 Å². The highest BCUT2D eigenvalue weighted by molar-refractivity contribution is 6.30. The average molecular weight is 310 g/mol. The summed E-state index contributed by atoms with van der Waals surface area (Å²) in [6, 6.07) is 1.96. The molecule has 7 heteroatoms. The van der Waals surface area contributed by atoms with Gasteiger partial charge in [-0.15, -0.1) is 0 Å². The fraction of sp³-hybridized carbons (Fsp3) is 0.500. The van der Waals surface area contributed by atoms with Crippen LogP contribution in [0.2, 0.25) is 5.02 Å². The van der Waals surface area contributed by atoms with Crippen molar-refractivity contribution in [2.75, 3.05) is 6.54 Å². The zero-order valence-corrected chi connectivity index (χ0v) is 13.3. The van der Waals surface area contributed by atoms with E-state index in [1.165, 1.54) is 6.20 Å². The Morgan fingerprint density at radius 3 is 2.76 bits per heavy atom. The predicted octanol–water partition coefficient (Wildman–Crippen LogP) is 1.98. The van der Waals surface area contributed by atoms with Gasteiger partial charge in [-0.3, -0.25) is 14.2 Å². The zero-order valence-electron chi connectivity index (χ0n) is 12.5. The molecule has 2 rings (SSSR count). The highest BCUT2D eigenvalue weighted by Gasteiger charge is 2.30. The summed E-state index contributed by atoms with van der Waals surface area (Å²) in [6.07, 6.45) is 5.77. The van der Waals surface area contributed by atoms with Crippen molar-refractivity contribution in [2.45, 2.75) is 39.3 Å². The van der Waals surface area contributed by atoms with E-state index < -0.39 is 5.54 Å². The van der Waals surface area contributed by atoms with Crippen LogP contribution in [-0.4, -0.2) is 32.0 Å². The van der Waals surface area contributed by atoms with Crippen molar-refractivity contribution in [3.05, 3.63) is 35.4 Å². The first kappa shape index (κ1) is 15.6. The Balaban J connectivity index is 1.83. The summed E-state index contributed by atoms with van der Waals surface area (Å²) in [5.41, 5.74) is 0.349. The molecule has 0 aliphatic carbocycles. The minimum Gasteiger partial charge on any atom is -0.354 e. The van der Waals surface area contributed by atoms with Gasteiger partial charge in [0.2, 0.25) is 5.91 Å². The highest BCUT2D eigenvalue weighted by atomic mass is 35.5. The summed E-state index contributed by atoms with van der Waals surface area (Å²) in [5.74, 6) is -0.0838. The molecule has 0 spiro atoms. The van der Waals surface area contributed by atoms with Gasteiger partial charge in [-0.1, -0.05) is 11.6 Å². The molecular weight excluding hydrogens is 290 g/mol. The van der Waals surface area contributed by atoms with E-state index in [0.717, 1.165) is 18.7 Å². The largest absolute Gasteiger partial charge is 0.354 e. The molecule has 0 atom stereocenters. The van der Waals surface area contributed by atoms with Gasteiger partial charge in [-0.25, -0.2) is 0 Å². The number of carbonyl (C=O) groups excluding carboxylic acids is 1. The molecular formula is C14H20ClN5O. The van der Waals surface area contributed by atoms with Gasteiger partial charge in [0, 0.05) is 31.2 Å². The Hall–Kier alpha value is -1.82. The Kier molecular flexibility index (Phi) is 4.67. The number of hydrogen-bond acceptors (Lipinski definition) is 3. The summed E-state index contributed by atoms with van der Waals surface area (Å²) >= 11 is 5.85. The average Bonchev–Trinajstić information content (AvgIpc) is 3.04. The van der Waals surface area contributed by atoms with Gasteiger partial charge in [-0.2, -0.15) is 10.2 Å². The van der Waals surface area contributed by atoms with E-state index in [1.807, 2.05) is 31.5 Å². The monoisotopic (exact) mass is 309 g/mol. The second-order valence-electron chi connectivity index (χ2n) is 5.47. The van der Waals surface area contributed by atoms with Crippen molar-refractivity contribution in [3.8, 4) is 0 Å². The minimum atomic E-state index is -0.769. The van der Waals surface area contributed by atoms with Crippen molar-refractivity contribution in [1.82, 2.24) is 24.9 Å². The van der Waals surface area contributed by atoms with Crippen LogP contribution in [-0.2, 0) is 16.9 Å². The van der Waals surface area contributed by atoms with Gasteiger partial charge in [-0.05, 0) is 33.3 Å². The van der Waals surface area contributed by atoms with Gasteiger partial charge in [0.1, 0.15) is 5.54 Å². The fourth-order valence-corrected chi connectivity index (χ4v) is 2.13. The number of aryl methyl sites for hydroxylation is 2. The lowest BCUT2D eigenvalue weighted by atomic mass is 10.1. The van der Waals surface area contributed by atoms with E-state index in [9.17, 15) is 4.79 Å². The summed E-state index contributed by atoms with van der Waals surface area (Å²) < 4.78 is 3.49. The third-order valence-corrected chi connectivity index (χ3v) is 3.64. The van der Waals surface area contributed by atoms with Gasteiger partial charge >= 0.3 is 0 Å². The van der Waals surface area contributed by atoms with Gasteiger partial charge in [0.05, 0.1) is 11.2 Å². The number of nitrogens with zero attached hydrogens (tertiary/aromatic N) is 4. The molecule has 1 N–H and O–H groups in total. The normalized spacial score (nSPS) is 11.6. The second kappa shape index (κ2) is 6.30. The first-order chi connectivity index (χ1) is 9.91. The Bertz CT molecular complexity index is 616. The molecule has 2 aromatic heterocycles. The number of nitrogens with one attached hydrogen (secondary N) is 1. The lowest BCUT2D eigenvalue weighted by Crippen LogP contribution is -2.45. The summed E-state index contributed by atoms with van der Waals surface area (Å²) in [7, 11) is 0. The molecule has 21 heavy (non-hydrogen) atoms. The lowest BCUT2D eigenvalue weighted by molar-refractivity contribution is -0.128. The quantitative estimate of drug-likeness (QED) is 0.830. The molecule has 0 aliphatic heterocycles. The SMILES string of the molecule is Cc1ccnn1CCCNC(=O)C(C)(C)n1cc(Cl)cn1. The molecule has 2 heterocycles. The summed E-state index contributed by atoms with van der Waals surface area (Å²) in [5, 5.41) is 11.8. The van der Waals surface area contributed by atoms with Crippen LogP contribution < -0.4 is 5.32 Å². The maximum atomic E-state index is 12.3.